The Labute approximate surface area is 132 Å². The first-order valence-electron chi connectivity index (χ1n) is 7.41. The molecule has 0 aliphatic rings. The van der Waals surface area contributed by atoms with Gasteiger partial charge in [-0.15, -0.1) is 0 Å². The predicted octanol–water partition coefficient (Wildman–Crippen LogP) is 1.35. The van der Waals surface area contributed by atoms with Gasteiger partial charge in [0.15, 0.2) is 16.3 Å². The second-order valence-electron chi connectivity index (χ2n) is 5.08. The van der Waals surface area contributed by atoms with E-state index in [0.717, 1.165) is 36.7 Å². The van der Waals surface area contributed by atoms with Gasteiger partial charge in [-0.1, -0.05) is 31.5 Å². The third-order valence-corrected chi connectivity index (χ3v) is 4.42. The number of H-pyrrole nitrogens is 1. The Morgan fingerprint density at radius 3 is 2.77 bits per heavy atom. The molecule has 2 aromatic rings. The zero-order valence-electron chi connectivity index (χ0n) is 13.2. The summed E-state index contributed by atoms with van der Waals surface area (Å²) in [6.45, 7) is 3.47. The highest BCUT2D eigenvalue weighted by molar-refractivity contribution is 7.99. The Morgan fingerprint density at radius 2 is 2.09 bits per heavy atom. The predicted molar refractivity (Wildman–Crippen MR) is 87.7 cm³/mol. The molecule has 0 fully saturated rings. The number of hydrogen-bond donors (Lipinski definition) is 1. The van der Waals surface area contributed by atoms with Crippen molar-refractivity contribution < 1.29 is 4.74 Å². The van der Waals surface area contributed by atoms with E-state index in [2.05, 4.69) is 16.9 Å². The van der Waals surface area contributed by atoms with Gasteiger partial charge in [-0.2, -0.15) is 0 Å². The minimum absolute atomic E-state index is 0.374. The lowest BCUT2D eigenvalue weighted by Gasteiger charge is -2.07. The fourth-order valence-electron chi connectivity index (χ4n) is 2.27. The number of nitrogens with zero attached hydrogens (tertiary/aromatic N) is 3. The van der Waals surface area contributed by atoms with Crippen molar-refractivity contribution in [2.24, 2.45) is 7.05 Å². The Hall–Kier alpha value is -1.54. The summed E-state index contributed by atoms with van der Waals surface area (Å²) >= 11 is 1.54. The number of hydrogen-bond acceptors (Lipinski definition) is 5. The Morgan fingerprint density at radius 1 is 1.32 bits per heavy atom. The number of rotatable bonds is 8. The summed E-state index contributed by atoms with van der Waals surface area (Å²) in [6.07, 6.45) is 3.17. The lowest BCUT2D eigenvalue weighted by Crippen LogP contribution is -2.29. The summed E-state index contributed by atoms with van der Waals surface area (Å²) < 4.78 is 8.36. The lowest BCUT2D eigenvalue weighted by molar-refractivity contribution is 0.218. The minimum atomic E-state index is -0.441. The van der Waals surface area contributed by atoms with Crippen molar-refractivity contribution >= 4 is 22.9 Å². The number of methoxy groups -OCH3 is 1. The van der Waals surface area contributed by atoms with Crippen LogP contribution in [-0.2, 0) is 18.3 Å². The molecule has 2 heterocycles. The number of aromatic amines is 1. The number of unbranched alkanes of at least 4 members (excludes halogenated alkanes) is 2. The SMILES string of the molecule is CCCCCn1c(SCCOC)nc2c1c(=O)[nH]c(=O)n2C. The normalized spacial score (nSPS) is 11.4. The summed E-state index contributed by atoms with van der Waals surface area (Å²) in [7, 11) is 3.27. The molecule has 1 N–H and O–H groups in total. The quantitative estimate of drug-likeness (QED) is 0.585. The van der Waals surface area contributed by atoms with Crippen molar-refractivity contribution in [1.29, 1.82) is 0 Å². The van der Waals surface area contributed by atoms with E-state index in [0.29, 0.717) is 17.8 Å². The van der Waals surface area contributed by atoms with Crippen molar-refractivity contribution in [2.75, 3.05) is 19.5 Å². The molecular weight excluding hydrogens is 304 g/mol. The molecule has 0 atom stereocenters. The first-order valence-corrected chi connectivity index (χ1v) is 8.40. The monoisotopic (exact) mass is 326 g/mol. The maximum absolute atomic E-state index is 12.2. The van der Waals surface area contributed by atoms with Crippen LogP contribution in [0, 0.1) is 0 Å². The molecule has 7 nitrogen and oxygen atoms in total. The van der Waals surface area contributed by atoms with Crippen molar-refractivity contribution in [3.63, 3.8) is 0 Å². The van der Waals surface area contributed by atoms with E-state index >= 15 is 0 Å². The number of imidazole rings is 1. The highest BCUT2D eigenvalue weighted by Gasteiger charge is 2.17. The molecule has 122 valence electrons. The van der Waals surface area contributed by atoms with Gasteiger partial charge in [-0.25, -0.2) is 9.78 Å². The Balaban J connectivity index is 2.49. The smallest absolute Gasteiger partial charge is 0.329 e. The van der Waals surface area contributed by atoms with Gasteiger partial charge in [-0.3, -0.25) is 14.3 Å². The molecule has 0 saturated heterocycles. The van der Waals surface area contributed by atoms with E-state index in [9.17, 15) is 9.59 Å². The zero-order valence-corrected chi connectivity index (χ0v) is 14.0. The summed E-state index contributed by atoms with van der Waals surface area (Å²) in [5.74, 6) is 0.749. The van der Waals surface area contributed by atoms with E-state index in [1.807, 2.05) is 4.57 Å². The van der Waals surface area contributed by atoms with Crippen LogP contribution in [0.2, 0.25) is 0 Å². The van der Waals surface area contributed by atoms with E-state index in [1.165, 1.54) is 16.3 Å². The zero-order chi connectivity index (χ0) is 16.1. The first kappa shape index (κ1) is 16.8. The summed E-state index contributed by atoms with van der Waals surface area (Å²) in [6, 6.07) is 0. The van der Waals surface area contributed by atoms with Gasteiger partial charge in [0.05, 0.1) is 6.61 Å². The third kappa shape index (κ3) is 3.44. The average molecular weight is 326 g/mol. The van der Waals surface area contributed by atoms with Gasteiger partial charge < -0.3 is 9.30 Å². The number of ether oxygens (including phenoxy) is 1. The molecule has 0 spiro atoms. The van der Waals surface area contributed by atoms with Crippen molar-refractivity contribution in [2.45, 2.75) is 37.9 Å². The number of nitrogens with one attached hydrogen (secondary N) is 1. The maximum Gasteiger partial charge on any atom is 0.329 e. The Bertz CT molecular complexity index is 747. The molecule has 0 amide bonds. The van der Waals surface area contributed by atoms with E-state index < -0.39 is 5.69 Å². The van der Waals surface area contributed by atoms with Crippen LogP contribution in [0.25, 0.3) is 11.2 Å². The fourth-order valence-corrected chi connectivity index (χ4v) is 3.19. The van der Waals surface area contributed by atoms with Crippen LogP contribution in [-0.4, -0.2) is 38.6 Å². The van der Waals surface area contributed by atoms with E-state index in [1.54, 1.807) is 14.2 Å². The lowest BCUT2D eigenvalue weighted by atomic mass is 10.2. The highest BCUT2D eigenvalue weighted by atomic mass is 32.2. The molecule has 2 aromatic heterocycles. The van der Waals surface area contributed by atoms with Crippen LogP contribution in [0.1, 0.15) is 26.2 Å². The summed E-state index contributed by atoms with van der Waals surface area (Å²) in [5.41, 5.74) is 0.0909. The molecule has 0 saturated carbocycles. The van der Waals surface area contributed by atoms with Crippen LogP contribution in [0.3, 0.4) is 0 Å². The molecular formula is C14H22N4O3S. The minimum Gasteiger partial charge on any atom is -0.384 e. The fraction of sp³-hybridized carbons (Fsp3) is 0.643. The number of thioether (sulfide) groups is 1. The Kier molecular flexibility index (Phi) is 5.84. The van der Waals surface area contributed by atoms with Crippen molar-refractivity contribution in [3.05, 3.63) is 20.8 Å². The van der Waals surface area contributed by atoms with Gasteiger partial charge in [0.25, 0.3) is 5.56 Å². The van der Waals surface area contributed by atoms with E-state index in [-0.39, 0.29) is 5.56 Å². The summed E-state index contributed by atoms with van der Waals surface area (Å²) in [5, 5.41) is 0.759. The molecule has 0 aliphatic heterocycles. The van der Waals surface area contributed by atoms with Crippen molar-refractivity contribution in [3.8, 4) is 0 Å². The van der Waals surface area contributed by atoms with Gasteiger partial charge in [-0.05, 0) is 6.42 Å². The highest BCUT2D eigenvalue weighted by Crippen LogP contribution is 2.22. The molecule has 0 aliphatic carbocycles. The number of aryl methyl sites for hydroxylation is 2. The molecule has 22 heavy (non-hydrogen) atoms. The number of fused-ring (bicyclic) bond motifs is 1. The van der Waals surface area contributed by atoms with Gasteiger partial charge in [0, 0.05) is 26.5 Å². The third-order valence-electron chi connectivity index (χ3n) is 3.48. The maximum atomic E-state index is 12.2. The molecule has 0 unspecified atom stereocenters. The topological polar surface area (TPSA) is 81.9 Å². The first-order chi connectivity index (χ1) is 10.6. The van der Waals surface area contributed by atoms with E-state index in [4.69, 9.17) is 4.74 Å². The average Bonchev–Trinajstić information content (AvgIpc) is 2.85. The molecule has 8 heteroatoms. The largest absolute Gasteiger partial charge is 0.384 e. The van der Waals surface area contributed by atoms with Crippen LogP contribution in [0.4, 0.5) is 0 Å². The van der Waals surface area contributed by atoms with Crippen LogP contribution in [0.5, 0.6) is 0 Å². The van der Waals surface area contributed by atoms with Crippen LogP contribution < -0.4 is 11.2 Å². The van der Waals surface area contributed by atoms with Crippen LogP contribution in [0.15, 0.2) is 14.7 Å². The molecule has 0 radical (unpaired) electrons. The van der Waals surface area contributed by atoms with Gasteiger partial charge in [0.2, 0.25) is 0 Å². The molecule has 0 aromatic carbocycles. The van der Waals surface area contributed by atoms with Gasteiger partial charge in [0.1, 0.15) is 0 Å². The molecule has 2 rings (SSSR count). The number of aromatic nitrogens is 4. The van der Waals surface area contributed by atoms with Crippen molar-refractivity contribution in [1.82, 2.24) is 19.1 Å². The second-order valence-corrected chi connectivity index (χ2v) is 6.15. The molecule has 0 bridgehead atoms. The standard InChI is InChI=1S/C14H22N4O3S/c1-4-5-6-7-18-10-11(15-14(18)22-9-8-21-3)17(2)13(20)16-12(10)19/h4-9H2,1-3H3,(H,16,19,20). The second kappa shape index (κ2) is 7.64. The van der Waals surface area contributed by atoms with Crippen LogP contribution >= 0.6 is 11.8 Å². The summed E-state index contributed by atoms with van der Waals surface area (Å²) in [4.78, 5) is 30.8. The van der Waals surface area contributed by atoms with Gasteiger partial charge >= 0.3 is 5.69 Å².